The van der Waals surface area contributed by atoms with Crippen molar-refractivity contribution >= 4 is 27.3 Å². The highest BCUT2D eigenvalue weighted by molar-refractivity contribution is 9.10. The van der Waals surface area contributed by atoms with Gasteiger partial charge in [0.15, 0.2) is 0 Å². The summed E-state index contributed by atoms with van der Waals surface area (Å²) in [6.07, 6.45) is 2.70. The molecule has 0 bridgehead atoms. The van der Waals surface area contributed by atoms with E-state index >= 15 is 0 Å². The number of halogens is 1. The van der Waals surface area contributed by atoms with E-state index < -0.39 is 0 Å². The Morgan fingerprint density at radius 3 is 3.00 bits per heavy atom. The average Bonchev–Trinajstić information content (AvgIpc) is 2.78. The lowest BCUT2D eigenvalue weighted by Crippen LogP contribution is -2.36. The minimum absolute atomic E-state index is 0.740. The maximum atomic E-state index is 3.62. The van der Waals surface area contributed by atoms with Gasteiger partial charge < -0.3 is 4.90 Å². The maximum absolute atomic E-state index is 3.62. The molecule has 1 aromatic rings. The molecule has 0 radical (unpaired) electrons. The van der Waals surface area contributed by atoms with Crippen LogP contribution in [-0.2, 0) is 6.54 Å². The number of hydrogen-bond donors (Lipinski definition) is 0. The zero-order valence-corrected chi connectivity index (χ0v) is 12.4. The summed E-state index contributed by atoms with van der Waals surface area (Å²) in [4.78, 5) is 6.38. The van der Waals surface area contributed by atoms with E-state index in [1.807, 2.05) is 11.3 Å². The van der Waals surface area contributed by atoms with Crippen LogP contribution in [-0.4, -0.2) is 43.0 Å². The highest BCUT2D eigenvalue weighted by atomic mass is 79.9. The van der Waals surface area contributed by atoms with Crippen LogP contribution in [0.2, 0.25) is 0 Å². The topological polar surface area (TPSA) is 6.48 Å². The zero-order valence-electron chi connectivity index (χ0n) is 9.95. The molecule has 1 unspecified atom stereocenters. The molecular formula is C12H19BrN2S. The van der Waals surface area contributed by atoms with E-state index in [0.29, 0.717) is 0 Å². The van der Waals surface area contributed by atoms with Crippen LogP contribution in [0.25, 0.3) is 0 Å². The van der Waals surface area contributed by atoms with Crippen LogP contribution >= 0.6 is 27.3 Å². The van der Waals surface area contributed by atoms with Crippen molar-refractivity contribution < 1.29 is 0 Å². The van der Waals surface area contributed by atoms with Gasteiger partial charge >= 0.3 is 0 Å². The minimum atomic E-state index is 0.740. The van der Waals surface area contributed by atoms with Crippen LogP contribution in [0.3, 0.4) is 0 Å². The van der Waals surface area contributed by atoms with Crippen LogP contribution in [0.1, 0.15) is 17.7 Å². The first kappa shape index (κ1) is 12.6. The van der Waals surface area contributed by atoms with Crippen LogP contribution in [0.5, 0.6) is 0 Å². The first-order valence-corrected chi connectivity index (χ1v) is 7.44. The molecule has 0 aromatic carbocycles. The van der Waals surface area contributed by atoms with Crippen molar-refractivity contribution in [2.75, 3.05) is 27.2 Å². The quantitative estimate of drug-likeness (QED) is 0.843. The van der Waals surface area contributed by atoms with Crippen LogP contribution in [0.15, 0.2) is 15.9 Å². The molecule has 1 saturated heterocycles. The summed E-state index contributed by atoms with van der Waals surface area (Å²) in [5, 5.41) is 2.16. The molecule has 2 rings (SSSR count). The lowest BCUT2D eigenvalue weighted by Gasteiger charge is -2.26. The van der Waals surface area contributed by atoms with Crippen molar-refractivity contribution in [3.63, 3.8) is 0 Å². The highest BCUT2D eigenvalue weighted by Gasteiger charge is 2.25. The third kappa shape index (κ3) is 3.06. The van der Waals surface area contributed by atoms with Gasteiger partial charge in [-0.05, 0) is 60.9 Å². The number of nitrogens with zero attached hydrogens (tertiary/aromatic N) is 2. The minimum Gasteiger partial charge on any atom is -0.308 e. The zero-order chi connectivity index (χ0) is 11.5. The van der Waals surface area contributed by atoms with E-state index in [1.54, 1.807) is 0 Å². The molecule has 1 aromatic heterocycles. The second-order valence-corrected chi connectivity index (χ2v) is 6.58. The van der Waals surface area contributed by atoms with Gasteiger partial charge in [-0.15, -0.1) is 11.3 Å². The molecule has 1 fully saturated rings. The summed E-state index contributed by atoms with van der Waals surface area (Å²) >= 11 is 5.47. The second kappa shape index (κ2) is 5.63. The van der Waals surface area contributed by atoms with Crippen molar-refractivity contribution in [1.29, 1.82) is 0 Å². The Bertz CT molecular complexity index is 338. The van der Waals surface area contributed by atoms with E-state index in [1.165, 1.54) is 35.3 Å². The highest BCUT2D eigenvalue weighted by Crippen LogP contribution is 2.27. The molecule has 90 valence electrons. The standard InChI is InChI=1S/C12H19BrN2S/c1-14(2)8-10-4-3-6-15(10)9-12-11(13)5-7-16-12/h5,7,10H,3-4,6,8-9H2,1-2H3. The maximum Gasteiger partial charge on any atom is 0.0342 e. The number of rotatable bonds is 4. The number of likely N-dealkylation sites (N-methyl/N-ethyl adjacent to an activating group) is 1. The van der Waals surface area contributed by atoms with Gasteiger partial charge in [-0.3, -0.25) is 4.90 Å². The fraction of sp³-hybridized carbons (Fsp3) is 0.667. The lowest BCUT2D eigenvalue weighted by molar-refractivity contribution is 0.202. The van der Waals surface area contributed by atoms with Gasteiger partial charge in [0.25, 0.3) is 0 Å². The second-order valence-electron chi connectivity index (χ2n) is 4.72. The molecule has 1 atom stereocenters. The molecule has 0 aliphatic carbocycles. The normalized spacial score (nSPS) is 22.1. The van der Waals surface area contributed by atoms with Crippen LogP contribution in [0.4, 0.5) is 0 Å². The fourth-order valence-corrected chi connectivity index (χ4v) is 3.86. The first-order valence-electron chi connectivity index (χ1n) is 5.77. The molecule has 0 spiro atoms. The Morgan fingerprint density at radius 2 is 2.38 bits per heavy atom. The van der Waals surface area contributed by atoms with Crippen molar-refractivity contribution in [2.24, 2.45) is 0 Å². The molecule has 2 heterocycles. The van der Waals surface area contributed by atoms with E-state index in [-0.39, 0.29) is 0 Å². The largest absolute Gasteiger partial charge is 0.308 e. The fourth-order valence-electron chi connectivity index (χ4n) is 2.35. The predicted molar refractivity (Wildman–Crippen MR) is 74.0 cm³/mol. The van der Waals surface area contributed by atoms with Crippen LogP contribution in [0, 0.1) is 0 Å². The molecule has 16 heavy (non-hydrogen) atoms. The molecule has 1 aliphatic heterocycles. The van der Waals surface area contributed by atoms with E-state index in [0.717, 1.165) is 12.6 Å². The van der Waals surface area contributed by atoms with Crippen LogP contribution < -0.4 is 0 Å². The predicted octanol–water partition coefficient (Wildman–Crippen LogP) is 3.04. The number of hydrogen-bond acceptors (Lipinski definition) is 3. The summed E-state index contributed by atoms with van der Waals surface area (Å²) in [6.45, 7) is 3.54. The van der Waals surface area contributed by atoms with Gasteiger partial charge in [-0.25, -0.2) is 0 Å². The van der Waals surface area contributed by atoms with Gasteiger partial charge in [-0.2, -0.15) is 0 Å². The summed E-state index contributed by atoms with van der Waals surface area (Å²) in [5.41, 5.74) is 0. The smallest absolute Gasteiger partial charge is 0.0342 e. The van der Waals surface area contributed by atoms with Gasteiger partial charge in [-0.1, -0.05) is 0 Å². The van der Waals surface area contributed by atoms with Crippen molar-refractivity contribution in [3.8, 4) is 0 Å². The summed E-state index contributed by atoms with van der Waals surface area (Å²) in [7, 11) is 4.33. The van der Waals surface area contributed by atoms with Gasteiger partial charge in [0.05, 0.1) is 0 Å². The first-order chi connectivity index (χ1) is 7.66. The SMILES string of the molecule is CN(C)CC1CCCN1Cc1sccc1Br. The Balaban J connectivity index is 1.96. The monoisotopic (exact) mass is 302 g/mol. The Kier molecular flexibility index (Phi) is 4.41. The van der Waals surface area contributed by atoms with Gasteiger partial charge in [0.1, 0.15) is 0 Å². The van der Waals surface area contributed by atoms with Crippen molar-refractivity contribution in [1.82, 2.24) is 9.80 Å². The number of thiophene rings is 1. The summed E-state index contributed by atoms with van der Waals surface area (Å²) < 4.78 is 1.27. The molecular weight excluding hydrogens is 284 g/mol. The van der Waals surface area contributed by atoms with Crippen molar-refractivity contribution in [2.45, 2.75) is 25.4 Å². The van der Waals surface area contributed by atoms with E-state index in [9.17, 15) is 0 Å². The molecule has 0 N–H and O–H groups in total. The van der Waals surface area contributed by atoms with E-state index in [4.69, 9.17) is 0 Å². The molecule has 4 heteroatoms. The number of likely N-dealkylation sites (tertiary alicyclic amines) is 1. The Hall–Kier alpha value is 0.100. The molecule has 0 saturated carbocycles. The van der Waals surface area contributed by atoms with Gasteiger partial charge in [0.2, 0.25) is 0 Å². The van der Waals surface area contributed by atoms with Gasteiger partial charge in [0, 0.05) is 28.5 Å². The summed E-state index contributed by atoms with van der Waals surface area (Å²) in [5.74, 6) is 0. The molecule has 2 nitrogen and oxygen atoms in total. The third-order valence-corrected chi connectivity index (χ3v) is 5.02. The molecule has 1 aliphatic rings. The molecule has 0 amide bonds. The average molecular weight is 303 g/mol. The third-order valence-electron chi connectivity index (χ3n) is 3.11. The Morgan fingerprint density at radius 1 is 1.56 bits per heavy atom. The van der Waals surface area contributed by atoms with Crippen molar-refractivity contribution in [3.05, 3.63) is 20.8 Å². The summed E-state index contributed by atoms with van der Waals surface area (Å²) in [6, 6.07) is 2.89. The lowest BCUT2D eigenvalue weighted by atomic mass is 10.2. The van der Waals surface area contributed by atoms with E-state index in [2.05, 4.69) is 51.3 Å². The Labute approximate surface area is 110 Å².